The van der Waals surface area contributed by atoms with Gasteiger partial charge in [0.1, 0.15) is 11.6 Å². The van der Waals surface area contributed by atoms with Crippen LogP contribution in [0, 0.1) is 12.7 Å². The molecule has 0 spiro atoms. The van der Waals surface area contributed by atoms with Gasteiger partial charge < -0.3 is 15.4 Å². The zero-order chi connectivity index (χ0) is 19.8. The number of aromatic nitrogens is 2. The lowest BCUT2D eigenvalue weighted by Gasteiger charge is -2.19. The Morgan fingerprint density at radius 1 is 1.29 bits per heavy atom. The van der Waals surface area contributed by atoms with Gasteiger partial charge in [-0.3, -0.25) is 4.79 Å². The number of fused-ring (bicyclic) bond motifs is 1. The van der Waals surface area contributed by atoms with Crippen LogP contribution in [-0.2, 0) is 0 Å². The van der Waals surface area contributed by atoms with Gasteiger partial charge in [0.05, 0.1) is 15.5 Å². The first-order valence-corrected chi connectivity index (χ1v) is 10.0. The van der Waals surface area contributed by atoms with Gasteiger partial charge in [0.25, 0.3) is 5.91 Å². The lowest BCUT2D eigenvalue weighted by molar-refractivity contribution is 0.0941. The third kappa shape index (κ3) is 3.53. The summed E-state index contributed by atoms with van der Waals surface area (Å²) >= 11 is 4.58. The first-order chi connectivity index (χ1) is 13.4. The molecule has 8 heteroatoms. The zero-order valence-corrected chi connectivity index (χ0v) is 17.1. The Hall–Kier alpha value is -2.71. The van der Waals surface area contributed by atoms with E-state index in [-0.39, 0.29) is 16.3 Å². The number of carbonyl (C=O) groups is 1. The highest BCUT2D eigenvalue weighted by Crippen LogP contribution is 2.32. The normalized spacial score (nSPS) is 12.2. The molecule has 2 aromatic heterocycles. The van der Waals surface area contributed by atoms with E-state index in [0.717, 1.165) is 14.7 Å². The molecule has 3 N–H and O–H groups in total. The number of aromatic amines is 1. The number of thiazole rings is 1. The quantitative estimate of drug-likeness (QED) is 0.399. The van der Waals surface area contributed by atoms with Crippen LogP contribution in [0.1, 0.15) is 32.8 Å². The Balaban J connectivity index is 1.78. The number of phenols is 1. The molecule has 142 valence electrons. The highest BCUT2D eigenvalue weighted by atomic mass is 79.9. The van der Waals surface area contributed by atoms with E-state index in [1.807, 2.05) is 30.3 Å². The van der Waals surface area contributed by atoms with Crippen LogP contribution < -0.4 is 5.32 Å². The Bertz CT molecular complexity index is 1130. The Morgan fingerprint density at radius 3 is 2.79 bits per heavy atom. The van der Waals surface area contributed by atoms with Crippen LogP contribution in [0.4, 0.5) is 4.39 Å². The van der Waals surface area contributed by atoms with Gasteiger partial charge in [-0.2, -0.15) is 0 Å². The molecule has 0 saturated carbocycles. The summed E-state index contributed by atoms with van der Waals surface area (Å²) in [5, 5.41) is 14.4. The molecule has 0 aliphatic carbocycles. The van der Waals surface area contributed by atoms with E-state index in [9.17, 15) is 14.3 Å². The average molecular weight is 460 g/mol. The summed E-state index contributed by atoms with van der Waals surface area (Å²) < 4.78 is 14.7. The number of aryl methyl sites for hydroxylation is 1. The minimum absolute atomic E-state index is 0.109. The topological polar surface area (TPSA) is 78.0 Å². The fraction of sp³-hybridized carbons (Fsp3) is 0.100. The number of H-pyrrole nitrogens is 1. The number of amides is 1. The summed E-state index contributed by atoms with van der Waals surface area (Å²) in [6.45, 7) is 1.80. The van der Waals surface area contributed by atoms with Crippen molar-refractivity contribution in [3.63, 3.8) is 0 Å². The standard InChI is InChI=1S/C20H15BrFN3O2S/c1-10-18(21)28-20(23-10)19(27)25-17(13-9-12(22)6-7-16(13)26)15-8-11-4-2-3-5-14(11)24-15/h2-9,17,24,26H,1H3,(H,25,27). The third-order valence-corrected chi connectivity index (χ3v) is 6.38. The number of carbonyl (C=O) groups excluding carboxylic acids is 1. The van der Waals surface area contributed by atoms with Crippen LogP contribution >= 0.6 is 27.3 Å². The molecule has 0 fully saturated rings. The molecule has 0 bridgehead atoms. The second-order valence-electron chi connectivity index (χ2n) is 6.30. The van der Waals surface area contributed by atoms with E-state index in [4.69, 9.17) is 0 Å². The highest BCUT2D eigenvalue weighted by Gasteiger charge is 2.25. The number of phenolic OH excluding ortho intramolecular Hbond substituents is 1. The fourth-order valence-electron chi connectivity index (χ4n) is 3.00. The molecule has 1 unspecified atom stereocenters. The van der Waals surface area contributed by atoms with Gasteiger partial charge in [-0.15, -0.1) is 11.3 Å². The molecule has 0 radical (unpaired) electrons. The number of halogens is 2. The minimum atomic E-state index is -0.779. The molecule has 2 aromatic carbocycles. The first-order valence-electron chi connectivity index (χ1n) is 8.42. The number of aromatic hydroxyl groups is 1. The average Bonchev–Trinajstić information content (AvgIpc) is 3.25. The number of rotatable bonds is 4. The molecule has 1 amide bonds. The predicted octanol–water partition coefficient (Wildman–Crippen LogP) is 5.06. The molecule has 2 heterocycles. The number of para-hydroxylation sites is 1. The Labute approximate surface area is 172 Å². The van der Waals surface area contributed by atoms with Gasteiger partial charge >= 0.3 is 0 Å². The molecule has 4 aromatic rings. The number of hydrogen-bond donors (Lipinski definition) is 3. The third-order valence-electron chi connectivity index (χ3n) is 4.37. The number of nitrogens with one attached hydrogen (secondary N) is 2. The number of nitrogens with zero attached hydrogens (tertiary/aromatic N) is 1. The maximum Gasteiger partial charge on any atom is 0.281 e. The van der Waals surface area contributed by atoms with E-state index in [1.54, 1.807) is 6.92 Å². The van der Waals surface area contributed by atoms with Crippen molar-refractivity contribution in [2.24, 2.45) is 0 Å². The fourth-order valence-corrected chi connectivity index (χ4v) is 4.24. The van der Waals surface area contributed by atoms with Gasteiger partial charge in [-0.1, -0.05) is 18.2 Å². The van der Waals surface area contributed by atoms with Crippen molar-refractivity contribution in [2.75, 3.05) is 0 Å². The van der Waals surface area contributed by atoms with Gasteiger partial charge in [-0.05, 0) is 58.6 Å². The van der Waals surface area contributed by atoms with Crippen LogP contribution in [0.2, 0.25) is 0 Å². The van der Waals surface area contributed by atoms with Crippen molar-refractivity contribution in [1.29, 1.82) is 0 Å². The number of benzene rings is 2. The highest BCUT2D eigenvalue weighted by molar-refractivity contribution is 9.11. The largest absolute Gasteiger partial charge is 0.508 e. The van der Waals surface area contributed by atoms with Crippen LogP contribution in [-0.4, -0.2) is 21.0 Å². The van der Waals surface area contributed by atoms with Crippen molar-refractivity contribution in [1.82, 2.24) is 15.3 Å². The lowest BCUT2D eigenvalue weighted by atomic mass is 10.0. The van der Waals surface area contributed by atoms with Crippen molar-refractivity contribution in [2.45, 2.75) is 13.0 Å². The van der Waals surface area contributed by atoms with Crippen molar-refractivity contribution < 1.29 is 14.3 Å². The van der Waals surface area contributed by atoms with Crippen LogP contribution in [0.3, 0.4) is 0 Å². The van der Waals surface area contributed by atoms with Gasteiger partial charge in [0.2, 0.25) is 0 Å². The van der Waals surface area contributed by atoms with Crippen molar-refractivity contribution >= 4 is 44.1 Å². The zero-order valence-electron chi connectivity index (χ0n) is 14.7. The summed E-state index contributed by atoms with van der Waals surface area (Å²) in [5.74, 6) is -1.02. The van der Waals surface area contributed by atoms with E-state index in [1.165, 1.54) is 29.5 Å². The van der Waals surface area contributed by atoms with E-state index in [2.05, 4.69) is 31.2 Å². The van der Waals surface area contributed by atoms with E-state index in [0.29, 0.717) is 11.4 Å². The summed E-state index contributed by atoms with van der Waals surface area (Å²) in [7, 11) is 0. The summed E-state index contributed by atoms with van der Waals surface area (Å²) in [5.41, 5.74) is 2.47. The second-order valence-corrected chi connectivity index (χ2v) is 8.62. The SMILES string of the molecule is Cc1nc(C(=O)NC(c2cc3ccccc3[nH]2)c2cc(F)ccc2O)sc1Br. The molecule has 0 aliphatic rings. The smallest absolute Gasteiger partial charge is 0.281 e. The maximum atomic E-state index is 13.9. The molecule has 5 nitrogen and oxygen atoms in total. The van der Waals surface area contributed by atoms with E-state index < -0.39 is 17.8 Å². The molecular formula is C20H15BrFN3O2S. The van der Waals surface area contributed by atoms with Crippen LogP contribution in [0.15, 0.2) is 52.3 Å². The Kier molecular flexibility index (Phi) is 4.91. The maximum absolute atomic E-state index is 13.9. The molecule has 28 heavy (non-hydrogen) atoms. The summed E-state index contributed by atoms with van der Waals surface area (Å²) in [4.78, 5) is 20.3. The minimum Gasteiger partial charge on any atom is -0.508 e. The van der Waals surface area contributed by atoms with Crippen molar-refractivity contribution in [3.05, 3.63) is 80.1 Å². The van der Waals surface area contributed by atoms with Crippen LogP contribution in [0.5, 0.6) is 5.75 Å². The lowest BCUT2D eigenvalue weighted by Crippen LogP contribution is -2.29. The molecule has 0 aliphatic heterocycles. The van der Waals surface area contributed by atoms with Gasteiger partial charge in [0.15, 0.2) is 5.01 Å². The van der Waals surface area contributed by atoms with Crippen molar-refractivity contribution in [3.8, 4) is 5.75 Å². The van der Waals surface area contributed by atoms with Gasteiger partial charge in [0, 0.05) is 16.8 Å². The number of hydrogen-bond acceptors (Lipinski definition) is 4. The van der Waals surface area contributed by atoms with E-state index >= 15 is 0 Å². The molecular weight excluding hydrogens is 445 g/mol. The van der Waals surface area contributed by atoms with Crippen LogP contribution in [0.25, 0.3) is 10.9 Å². The Morgan fingerprint density at radius 2 is 2.07 bits per heavy atom. The monoisotopic (exact) mass is 459 g/mol. The molecule has 4 rings (SSSR count). The summed E-state index contributed by atoms with van der Waals surface area (Å²) in [6, 6.07) is 12.4. The summed E-state index contributed by atoms with van der Waals surface area (Å²) in [6.07, 6.45) is 0. The molecule has 1 atom stereocenters. The second kappa shape index (κ2) is 7.37. The predicted molar refractivity (Wildman–Crippen MR) is 110 cm³/mol. The first kappa shape index (κ1) is 18.6. The van der Waals surface area contributed by atoms with Gasteiger partial charge in [-0.25, -0.2) is 9.37 Å². The molecule has 0 saturated heterocycles.